The highest BCUT2D eigenvalue weighted by Crippen LogP contribution is 2.42. The zero-order valence-electron chi connectivity index (χ0n) is 17.0. The predicted molar refractivity (Wildman–Crippen MR) is 125 cm³/mol. The Balaban J connectivity index is 1.76. The van der Waals surface area contributed by atoms with Crippen LogP contribution in [0, 0.1) is 0 Å². The van der Waals surface area contributed by atoms with Gasteiger partial charge in [0.1, 0.15) is 10.6 Å². The molecule has 0 radical (unpaired) electrons. The van der Waals surface area contributed by atoms with E-state index in [0.29, 0.717) is 22.6 Å². The first-order chi connectivity index (χ1) is 15.7. The first kappa shape index (κ1) is 21.9. The number of aromatic hydroxyl groups is 1. The molecule has 5 N–H and O–H groups in total. The van der Waals surface area contributed by atoms with Crippen LogP contribution in [0.5, 0.6) is 5.75 Å². The Morgan fingerprint density at radius 3 is 2.27 bits per heavy atom. The van der Waals surface area contributed by atoms with Gasteiger partial charge in [-0.25, -0.2) is 0 Å². The lowest BCUT2D eigenvalue weighted by atomic mass is 10.1. The van der Waals surface area contributed by atoms with E-state index in [0.717, 1.165) is 6.07 Å². The molecule has 0 saturated heterocycles. The molecule has 9 nitrogen and oxygen atoms in total. The van der Waals surface area contributed by atoms with Gasteiger partial charge in [0.05, 0.1) is 5.69 Å². The zero-order chi connectivity index (χ0) is 23.6. The summed E-state index contributed by atoms with van der Waals surface area (Å²) in [5.74, 6) is -0.844. The number of phenolic OH excluding ortho intramolecular Hbond substituents is 1. The van der Waals surface area contributed by atoms with E-state index in [9.17, 15) is 22.9 Å². The van der Waals surface area contributed by atoms with Crippen molar-refractivity contribution in [2.75, 3.05) is 11.1 Å². The average Bonchev–Trinajstić information content (AvgIpc) is 2.79. The predicted octanol–water partition coefficient (Wildman–Crippen LogP) is 5.04. The summed E-state index contributed by atoms with van der Waals surface area (Å²) < 4.78 is 33.7. The molecule has 0 aliphatic carbocycles. The summed E-state index contributed by atoms with van der Waals surface area (Å²) in [6.07, 6.45) is 0. The number of amides is 1. The second-order valence-corrected chi connectivity index (χ2v) is 8.48. The van der Waals surface area contributed by atoms with Crippen molar-refractivity contribution in [3.8, 4) is 5.75 Å². The number of nitrogen functional groups attached to an aromatic ring is 1. The quantitative estimate of drug-likeness (QED) is 0.185. The SMILES string of the molecule is Nc1ccc(N=Nc2c(S(=O)(=O)O)cc3cc(NC(=O)c4ccccc4)ccc3c2O)cc1. The summed E-state index contributed by atoms with van der Waals surface area (Å²) in [4.78, 5) is 11.8. The topological polar surface area (TPSA) is 154 Å². The van der Waals surface area contributed by atoms with Gasteiger partial charge in [0.2, 0.25) is 0 Å². The largest absolute Gasteiger partial charge is 0.505 e. The number of phenols is 1. The van der Waals surface area contributed by atoms with E-state index in [-0.39, 0.29) is 16.7 Å². The molecule has 33 heavy (non-hydrogen) atoms. The van der Waals surface area contributed by atoms with Gasteiger partial charge >= 0.3 is 0 Å². The summed E-state index contributed by atoms with van der Waals surface area (Å²) in [7, 11) is -4.76. The molecule has 0 saturated carbocycles. The molecule has 166 valence electrons. The van der Waals surface area contributed by atoms with E-state index in [1.54, 1.807) is 60.7 Å². The van der Waals surface area contributed by atoms with Crippen molar-refractivity contribution in [3.05, 3.63) is 84.4 Å². The summed E-state index contributed by atoms with van der Waals surface area (Å²) in [6, 6.07) is 20.5. The molecule has 10 heteroatoms. The van der Waals surface area contributed by atoms with Gasteiger partial charge in [0.25, 0.3) is 16.0 Å². The molecule has 1 amide bonds. The van der Waals surface area contributed by atoms with Crippen LogP contribution in [-0.4, -0.2) is 24.0 Å². The number of hydrogen-bond acceptors (Lipinski definition) is 7. The van der Waals surface area contributed by atoms with Crippen molar-refractivity contribution >= 4 is 49.5 Å². The van der Waals surface area contributed by atoms with Crippen molar-refractivity contribution in [2.24, 2.45) is 10.2 Å². The third kappa shape index (κ3) is 4.81. The lowest BCUT2D eigenvalue weighted by molar-refractivity contribution is 0.102. The third-order valence-corrected chi connectivity index (χ3v) is 5.65. The highest BCUT2D eigenvalue weighted by Gasteiger charge is 2.22. The van der Waals surface area contributed by atoms with Gasteiger partial charge in [-0.2, -0.15) is 13.5 Å². The monoisotopic (exact) mass is 462 g/mol. The molecule has 0 fully saturated rings. The minimum Gasteiger partial charge on any atom is -0.505 e. The number of nitrogens with one attached hydrogen (secondary N) is 1. The number of anilines is 2. The summed E-state index contributed by atoms with van der Waals surface area (Å²) in [5.41, 5.74) is 6.90. The fraction of sp³-hybridized carbons (Fsp3) is 0. The Labute approximate surface area is 189 Å². The molecule has 0 bridgehead atoms. The van der Waals surface area contributed by atoms with Gasteiger partial charge in [0.15, 0.2) is 5.75 Å². The smallest absolute Gasteiger partial charge is 0.296 e. The average molecular weight is 462 g/mol. The maximum Gasteiger partial charge on any atom is 0.296 e. The Morgan fingerprint density at radius 2 is 1.61 bits per heavy atom. The molecule has 0 aliphatic rings. The van der Waals surface area contributed by atoms with Crippen LogP contribution in [0.3, 0.4) is 0 Å². The van der Waals surface area contributed by atoms with E-state index < -0.39 is 26.5 Å². The number of hydrogen-bond donors (Lipinski definition) is 4. The van der Waals surface area contributed by atoms with Gasteiger partial charge < -0.3 is 16.2 Å². The lowest BCUT2D eigenvalue weighted by Gasteiger charge is -2.11. The zero-order valence-corrected chi connectivity index (χ0v) is 17.8. The summed E-state index contributed by atoms with van der Waals surface area (Å²) in [5, 5.41) is 21.7. The number of benzene rings is 4. The first-order valence-corrected chi connectivity index (χ1v) is 11.1. The van der Waals surface area contributed by atoms with Crippen LogP contribution in [0.25, 0.3) is 10.8 Å². The van der Waals surface area contributed by atoms with E-state index >= 15 is 0 Å². The molecule has 0 atom stereocenters. The van der Waals surface area contributed by atoms with E-state index in [2.05, 4.69) is 15.5 Å². The third-order valence-electron chi connectivity index (χ3n) is 4.78. The molecule has 0 unspecified atom stereocenters. The Kier molecular flexibility index (Phi) is 5.78. The van der Waals surface area contributed by atoms with Gasteiger partial charge in [-0.1, -0.05) is 18.2 Å². The minimum absolute atomic E-state index is 0.256. The highest BCUT2D eigenvalue weighted by atomic mass is 32.2. The number of rotatable bonds is 5. The van der Waals surface area contributed by atoms with Crippen molar-refractivity contribution in [1.82, 2.24) is 0 Å². The van der Waals surface area contributed by atoms with Crippen LogP contribution < -0.4 is 11.1 Å². The van der Waals surface area contributed by atoms with Gasteiger partial charge in [-0.05, 0) is 66.0 Å². The van der Waals surface area contributed by atoms with Crippen LogP contribution >= 0.6 is 0 Å². The number of carbonyl (C=O) groups is 1. The maximum absolute atomic E-state index is 12.4. The van der Waals surface area contributed by atoms with Crippen molar-refractivity contribution in [2.45, 2.75) is 4.90 Å². The highest BCUT2D eigenvalue weighted by molar-refractivity contribution is 7.86. The fourth-order valence-corrected chi connectivity index (χ4v) is 3.82. The molecule has 0 heterocycles. The molecule has 0 spiro atoms. The van der Waals surface area contributed by atoms with Crippen LogP contribution in [0.15, 0.2) is 94.0 Å². The van der Waals surface area contributed by atoms with Crippen LogP contribution in [0.4, 0.5) is 22.7 Å². The molecule has 4 rings (SSSR count). The molecule has 4 aromatic rings. The standard InChI is InChI=1S/C23H18N4O5S/c24-16-6-8-17(9-7-16)26-27-21-20(33(30,31)32)13-15-12-18(10-11-19(15)22(21)28)25-23(29)14-4-2-1-3-5-14/h1-13,28H,24H2,(H,25,29)(H,30,31,32). The number of nitrogens with zero attached hydrogens (tertiary/aromatic N) is 2. The number of fused-ring (bicyclic) bond motifs is 1. The Bertz CT molecular complexity index is 1490. The Morgan fingerprint density at radius 1 is 0.909 bits per heavy atom. The van der Waals surface area contributed by atoms with Crippen molar-refractivity contribution in [1.29, 1.82) is 0 Å². The minimum atomic E-state index is -4.76. The van der Waals surface area contributed by atoms with E-state index in [4.69, 9.17) is 5.73 Å². The second kappa shape index (κ2) is 8.69. The Hall–Kier alpha value is -4.28. The maximum atomic E-state index is 12.4. The number of carbonyl (C=O) groups excluding carboxylic acids is 1. The number of azo groups is 1. The molecule has 4 aromatic carbocycles. The van der Waals surface area contributed by atoms with Crippen LogP contribution in [0.1, 0.15) is 10.4 Å². The molecular formula is C23H18N4O5S. The van der Waals surface area contributed by atoms with E-state index in [1.165, 1.54) is 12.1 Å². The fourth-order valence-electron chi connectivity index (χ4n) is 3.16. The normalized spacial score (nSPS) is 11.7. The first-order valence-electron chi connectivity index (χ1n) is 9.63. The van der Waals surface area contributed by atoms with Crippen molar-refractivity contribution in [3.63, 3.8) is 0 Å². The van der Waals surface area contributed by atoms with Crippen molar-refractivity contribution < 1.29 is 22.9 Å². The lowest BCUT2D eigenvalue weighted by Crippen LogP contribution is -2.11. The van der Waals surface area contributed by atoms with Gasteiger partial charge in [-0.15, -0.1) is 5.11 Å². The van der Waals surface area contributed by atoms with Gasteiger partial charge in [0, 0.05) is 22.3 Å². The molecule has 0 aliphatic heterocycles. The summed E-state index contributed by atoms with van der Waals surface area (Å²) >= 11 is 0. The van der Waals surface area contributed by atoms with Crippen LogP contribution in [0.2, 0.25) is 0 Å². The number of nitrogens with two attached hydrogens (primary N) is 1. The molecular weight excluding hydrogens is 444 g/mol. The molecule has 0 aromatic heterocycles. The van der Waals surface area contributed by atoms with Crippen LogP contribution in [-0.2, 0) is 10.1 Å². The second-order valence-electron chi connectivity index (χ2n) is 7.09. The summed E-state index contributed by atoms with van der Waals surface area (Å²) in [6.45, 7) is 0. The van der Waals surface area contributed by atoms with E-state index in [1.807, 2.05) is 0 Å². The van der Waals surface area contributed by atoms with Gasteiger partial charge in [-0.3, -0.25) is 9.35 Å².